The van der Waals surface area contributed by atoms with Gasteiger partial charge in [-0.15, -0.1) is 23.4 Å². The molecule has 1 aliphatic rings. The first kappa shape index (κ1) is 28.3. The molecule has 6 rings (SSSR count). The normalized spacial score (nSPS) is 16.1. The topological polar surface area (TPSA) is 70.6 Å². The van der Waals surface area contributed by atoms with Gasteiger partial charge in [0.05, 0.1) is 12.4 Å². The van der Waals surface area contributed by atoms with Gasteiger partial charge < -0.3 is 14.4 Å². The van der Waals surface area contributed by atoms with E-state index in [2.05, 4.69) is 49.5 Å². The minimum atomic E-state index is -0.279. The maximum atomic E-state index is 13.8. The first-order chi connectivity index (χ1) is 19.9. The van der Waals surface area contributed by atoms with Crippen LogP contribution in [0, 0.1) is 11.6 Å². The third-order valence-electron chi connectivity index (χ3n) is 7.44. The molecule has 41 heavy (non-hydrogen) atoms. The van der Waals surface area contributed by atoms with E-state index in [-0.39, 0.29) is 23.7 Å². The molecular weight excluding hydrogens is 524 g/mol. The van der Waals surface area contributed by atoms with Crippen molar-refractivity contribution in [1.82, 2.24) is 38.9 Å². The molecular formula is C30H35F2N9. The molecule has 1 aliphatic heterocycles. The number of piperazine rings is 1. The molecule has 214 valence electrons. The maximum absolute atomic E-state index is 13.8. The third-order valence-corrected chi connectivity index (χ3v) is 7.44. The minimum absolute atomic E-state index is 0.0927. The number of rotatable bonds is 7. The van der Waals surface area contributed by atoms with E-state index >= 15 is 0 Å². The van der Waals surface area contributed by atoms with Crippen molar-refractivity contribution in [3.63, 3.8) is 0 Å². The highest BCUT2D eigenvalue weighted by Gasteiger charge is 2.33. The summed E-state index contributed by atoms with van der Waals surface area (Å²) in [6.45, 7) is 12.0. The van der Waals surface area contributed by atoms with E-state index < -0.39 is 0 Å². The van der Waals surface area contributed by atoms with Crippen molar-refractivity contribution in [2.45, 2.75) is 25.6 Å². The Morgan fingerprint density at radius 1 is 0.951 bits per heavy atom. The van der Waals surface area contributed by atoms with E-state index in [0.29, 0.717) is 12.3 Å². The molecule has 0 N–H and O–H groups in total. The predicted molar refractivity (Wildman–Crippen MR) is 157 cm³/mol. The molecule has 1 saturated heterocycles. The average molecular weight is 560 g/mol. The lowest BCUT2D eigenvalue weighted by Gasteiger charge is -2.44. The Labute approximate surface area is 238 Å². The lowest BCUT2D eigenvalue weighted by Crippen LogP contribution is -2.53. The van der Waals surface area contributed by atoms with E-state index in [9.17, 15) is 8.78 Å². The van der Waals surface area contributed by atoms with Crippen molar-refractivity contribution in [3.8, 4) is 0 Å². The fourth-order valence-corrected chi connectivity index (χ4v) is 5.50. The summed E-state index contributed by atoms with van der Waals surface area (Å²) in [5, 5.41) is 8.36. The summed E-state index contributed by atoms with van der Waals surface area (Å²) in [4.78, 5) is 16.4. The zero-order chi connectivity index (χ0) is 29.1. The van der Waals surface area contributed by atoms with Crippen LogP contribution in [0.4, 0.5) is 14.6 Å². The van der Waals surface area contributed by atoms with Crippen LogP contribution in [0.25, 0.3) is 16.9 Å². The average Bonchev–Trinajstić information content (AvgIpc) is 3.62. The molecule has 11 heteroatoms. The Kier molecular flexibility index (Phi) is 8.36. The quantitative estimate of drug-likeness (QED) is 0.274. The second-order valence-corrected chi connectivity index (χ2v) is 10.4. The molecule has 0 spiro atoms. The summed E-state index contributed by atoms with van der Waals surface area (Å²) >= 11 is 0. The molecule has 0 radical (unpaired) electrons. The highest BCUT2D eigenvalue weighted by atomic mass is 19.1. The highest BCUT2D eigenvalue weighted by Crippen LogP contribution is 2.34. The van der Waals surface area contributed by atoms with Gasteiger partial charge in [-0.2, -0.15) is 4.98 Å². The number of anilines is 1. The van der Waals surface area contributed by atoms with Gasteiger partial charge in [-0.1, -0.05) is 24.3 Å². The van der Waals surface area contributed by atoms with Gasteiger partial charge in [-0.25, -0.2) is 18.2 Å². The third kappa shape index (κ3) is 5.68. The molecule has 0 amide bonds. The number of halogens is 2. The number of aromatic nitrogens is 6. The van der Waals surface area contributed by atoms with Crippen molar-refractivity contribution in [1.29, 1.82) is 0 Å². The van der Waals surface area contributed by atoms with Gasteiger partial charge in [0.2, 0.25) is 0 Å². The van der Waals surface area contributed by atoms with Crippen molar-refractivity contribution in [2.75, 3.05) is 45.2 Å². The number of likely N-dealkylation sites (N-methyl/N-ethyl adjacent to an activating group) is 1. The molecule has 3 aromatic heterocycles. The highest BCUT2D eigenvalue weighted by molar-refractivity contribution is 5.86. The second kappa shape index (κ2) is 12.1. The van der Waals surface area contributed by atoms with Crippen molar-refractivity contribution in [2.24, 2.45) is 0 Å². The van der Waals surface area contributed by atoms with Crippen molar-refractivity contribution in [3.05, 3.63) is 97.1 Å². The van der Waals surface area contributed by atoms with Crippen LogP contribution in [0.1, 0.15) is 24.1 Å². The van der Waals surface area contributed by atoms with Gasteiger partial charge in [0.25, 0.3) is 5.78 Å². The Bertz CT molecular complexity index is 1550. The van der Waals surface area contributed by atoms with E-state index in [1.165, 1.54) is 24.3 Å². The maximum Gasteiger partial charge on any atom is 0.258 e. The van der Waals surface area contributed by atoms with E-state index in [0.717, 1.165) is 54.3 Å². The first-order valence-electron chi connectivity index (χ1n) is 13.6. The first-order valence-corrected chi connectivity index (χ1v) is 13.6. The zero-order valence-electron chi connectivity index (χ0n) is 23.7. The van der Waals surface area contributed by atoms with Crippen molar-refractivity contribution >= 4 is 22.8 Å². The molecule has 2 aromatic carbocycles. The van der Waals surface area contributed by atoms with Crippen LogP contribution >= 0.6 is 0 Å². The fourth-order valence-electron chi connectivity index (χ4n) is 5.50. The Balaban J connectivity index is 0.00000165. The van der Waals surface area contributed by atoms with Gasteiger partial charge in [0, 0.05) is 38.8 Å². The fraction of sp³-hybridized carbons (Fsp3) is 0.333. The molecule has 4 heterocycles. The van der Waals surface area contributed by atoms with Gasteiger partial charge >= 0.3 is 0 Å². The van der Waals surface area contributed by atoms with E-state index in [4.69, 9.17) is 9.97 Å². The van der Waals surface area contributed by atoms with E-state index in [1.54, 1.807) is 6.33 Å². The number of benzene rings is 2. The number of hydrogen-bond donors (Lipinski definition) is 0. The Hall–Kier alpha value is -4.22. The van der Waals surface area contributed by atoms with Gasteiger partial charge in [-0.3, -0.25) is 4.90 Å². The standard InChI is InChI=1S/C28H31F2N9.C2H4/c1-19-16-36(25(20-4-8-22(29)9-5-20)21-6-10-23(30)11-7-21)14-15-38(19)26-24-27(39-18-32-34-28(39)33-26)37(17-31-24)13-12-35(2)3;1-2/h4-11,17-19,25H,12-16H2,1-3H3;1-2H2/t19-;/m0./s1. The monoisotopic (exact) mass is 559 g/mol. The van der Waals surface area contributed by atoms with Crippen LogP contribution in [0.2, 0.25) is 0 Å². The summed E-state index contributed by atoms with van der Waals surface area (Å²) in [6.07, 6.45) is 3.54. The molecule has 9 nitrogen and oxygen atoms in total. The summed E-state index contributed by atoms with van der Waals surface area (Å²) < 4.78 is 31.5. The van der Waals surface area contributed by atoms with Gasteiger partial charge in [-0.05, 0) is 56.4 Å². The lowest BCUT2D eigenvalue weighted by molar-refractivity contribution is 0.187. The van der Waals surface area contributed by atoms with Crippen LogP contribution in [-0.4, -0.2) is 85.2 Å². The predicted octanol–water partition coefficient (Wildman–Crippen LogP) is 4.42. The smallest absolute Gasteiger partial charge is 0.258 e. The summed E-state index contributed by atoms with van der Waals surface area (Å²) in [7, 11) is 4.10. The minimum Gasteiger partial charge on any atom is -0.349 e. The van der Waals surface area contributed by atoms with Gasteiger partial charge in [0.15, 0.2) is 11.5 Å². The molecule has 0 unspecified atom stereocenters. The van der Waals surface area contributed by atoms with E-state index in [1.807, 2.05) is 49.1 Å². The summed E-state index contributed by atoms with van der Waals surface area (Å²) in [6, 6.07) is 13.1. The lowest BCUT2D eigenvalue weighted by atomic mass is 9.95. The van der Waals surface area contributed by atoms with Crippen LogP contribution in [0.5, 0.6) is 0 Å². The molecule has 0 aliphatic carbocycles. The van der Waals surface area contributed by atoms with Crippen molar-refractivity contribution < 1.29 is 8.78 Å². The molecule has 1 fully saturated rings. The number of nitrogens with zero attached hydrogens (tertiary/aromatic N) is 9. The molecule has 0 bridgehead atoms. The number of imidazole rings is 1. The largest absolute Gasteiger partial charge is 0.349 e. The summed E-state index contributed by atoms with van der Waals surface area (Å²) in [5.74, 6) is 0.771. The Morgan fingerprint density at radius 2 is 1.59 bits per heavy atom. The van der Waals surface area contributed by atoms with Crippen LogP contribution in [-0.2, 0) is 6.54 Å². The number of fused-ring (bicyclic) bond motifs is 3. The molecule has 1 atom stereocenters. The van der Waals surface area contributed by atoms with Crippen LogP contribution in [0.3, 0.4) is 0 Å². The number of hydrogen-bond acceptors (Lipinski definition) is 7. The SMILES string of the molecule is C=C.C[C@H]1CN(C(c2ccc(F)cc2)c2ccc(F)cc2)CCN1c1nc2nncn2c2c1ncn2CCN(C)C. The zero-order valence-corrected chi connectivity index (χ0v) is 23.7. The molecule has 5 aromatic rings. The van der Waals surface area contributed by atoms with Crippen LogP contribution in [0.15, 0.2) is 74.3 Å². The Morgan fingerprint density at radius 3 is 2.17 bits per heavy atom. The molecule has 0 saturated carbocycles. The second-order valence-electron chi connectivity index (χ2n) is 10.4. The van der Waals surface area contributed by atoms with Gasteiger partial charge in [0.1, 0.15) is 23.5 Å². The van der Waals surface area contributed by atoms with Crippen LogP contribution < -0.4 is 4.90 Å². The summed E-state index contributed by atoms with van der Waals surface area (Å²) in [5.41, 5.74) is 3.67.